The molecule has 148 valence electrons. The molecule has 26 heavy (non-hydrogen) atoms. The van der Waals surface area contributed by atoms with Gasteiger partial charge in [-0.3, -0.25) is 0 Å². The minimum absolute atomic E-state index is 0.279. The Bertz CT molecular complexity index is 498. The first-order valence-electron chi connectivity index (χ1n) is 9.93. The van der Waals surface area contributed by atoms with Crippen LogP contribution in [0, 0.1) is 11.8 Å². The lowest BCUT2D eigenvalue weighted by Crippen LogP contribution is -2.46. The number of hydrogen-bond acceptors (Lipinski definition) is 2. The van der Waals surface area contributed by atoms with E-state index in [-0.39, 0.29) is 5.60 Å². The summed E-state index contributed by atoms with van der Waals surface area (Å²) in [6.07, 6.45) is 3.95. The molecular weight excluding hydrogens is 322 g/mol. The van der Waals surface area contributed by atoms with Gasteiger partial charge < -0.3 is 14.0 Å². The molecule has 0 N–H and O–H groups in total. The summed E-state index contributed by atoms with van der Waals surface area (Å²) in [5, 5.41) is 0. The molecule has 1 aromatic rings. The highest BCUT2D eigenvalue weighted by molar-refractivity contribution is 5.22. The maximum Gasteiger partial charge on any atom is 0.133 e. The van der Waals surface area contributed by atoms with Crippen molar-refractivity contribution >= 4 is 0 Å². The second-order valence-corrected chi connectivity index (χ2v) is 8.98. The zero-order valence-electron chi connectivity index (χ0n) is 17.8. The first-order valence-corrected chi connectivity index (χ1v) is 9.93. The summed E-state index contributed by atoms with van der Waals surface area (Å²) in [5.74, 6) is 2.03. The Morgan fingerprint density at radius 1 is 1.04 bits per heavy atom. The van der Waals surface area contributed by atoms with Crippen LogP contribution in [0.1, 0.15) is 40.5 Å². The summed E-state index contributed by atoms with van der Waals surface area (Å²) in [5.41, 5.74) is -0.279. The van der Waals surface area contributed by atoms with Crippen LogP contribution in [0.15, 0.2) is 43.0 Å². The Kier molecular flexibility index (Phi) is 9.38. The van der Waals surface area contributed by atoms with Crippen LogP contribution in [0.25, 0.3) is 0 Å². The lowest BCUT2D eigenvalue weighted by Gasteiger charge is -2.37. The molecule has 0 amide bonds. The molecule has 0 spiro atoms. The highest BCUT2D eigenvalue weighted by Crippen LogP contribution is 2.31. The molecule has 3 heteroatoms. The summed E-state index contributed by atoms with van der Waals surface area (Å²) in [6.45, 7) is 16.2. The minimum atomic E-state index is -0.279. The summed E-state index contributed by atoms with van der Waals surface area (Å²) >= 11 is 0. The topological polar surface area (TPSA) is 18.5 Å². The molecule has 0 aromatic heterocycles. The van der Waals surface area contributed by atoms with Crippen LogP contribution in [0.2, 0.25) is 0 Å². The average molecular weight is 363 g/mol. The monoisotopic (exact) mass is 362 g/mol. The molecule has 0 fully saturated rings. The van der Waals surface area contributed by atoms with Crippen LogP contribution in [0.5, 0.6) is 5.75 Å². The SMILES string of the molecule is C=CC[N+](C)(C)CCOCC(CC(C)C)(CC(C)C)Oc1ccccc1. The largest absolute Gasteiger partial charge is 0.485 e. The van der Waals surface area contributed by atoms with Crippen LogP contribution >= 0.6 is 0 Å². The molecule has 0 unspecified atom stereocenters. The van der Waals surface area contributed by atoms with Gasteiger partial charge in [0.2, 0.25) is 0 Å². The van der Waals surface area contributed by atoms with Gasteiger partial charge in [-0.05, 0) is 42.9 Å². The standard InChI is InChI=1S/C23H40NO2/c1-8-14-24(6,7)15-16-25-19-23(17-20(2)3,18-21(4)5)26-22-12-10-9-11-13-22/h8-13,20-21H,1,14-19H2,2-7H3/q+1. The van der Waals surface area contributed by atoms with Gasteiger partial charge in [0.05, 0.1) is 33.9 Å². The fourth-order valence-corrected chi connectivity index (χ4v) is 3.55. The first kappa shape index (κ1) is 22.7. The second-order valence-electron chi connectivity index (χ2n) is 8.98. The van der Waals surface area contributed by atoms with Crippen LogP contribution < -0.4 is 4.74 Å². The third-order valence-corrected chi connectivity index (χ3v) is 4.47. The number of ether oxygens (including phenoxy) is 2. The van der Waals surface area contributed by atoms with Gasteiger partial charge in [0.1, 0.15) is 17.9 Å². The normalized spacial score (nSPS) is 12.6. The van der Waals surface area contributed by atoms with Crippen molar-refractivity contribution in [1.29, 1.82) is 0 Å². The van der Waals surface area contributed by atoms with E-state index in [9.17, 15) is 0 Å². The Balaban J connectivity index is 2.82. The number of nitrogens with zero attached hydrogens (tertiary/aromatic N) is 1. The highest BCUT2D eigenvalue weighted by atomic mass is 16.5. The molecule has 0 saturated heterocycles. The average Bonchev–Trinajstić information content (AvgIpc) is 2.51. The van der Waals surface area contributed by atoms with Gasteiger partial charge in [-0.25, -0.2) is 0 Å². The highest BCUT2D eigenvalue weighted by Gasteiger charge is 2.35. The third-order valence-electron chi connectivity index (χ3n) is 4.47. The molecule has 0 aliphatic rings. The number of likely N-dealkylation sites (N-methyl/N-ethyl adjacent to an activating group) is 1. The summed E-state index contributed by atoms with van der Waals surface area (Å²) in [7, 11) is 4.42. The molecule has 3 nitrogen and oxygen atoms in total. The summed E-state index contributed by atoms with van der Waals surface area (Å²) in [6, 6.07) is 10.2. The molecule has 0 heterocycles. The maximum atomic E-state index is 6.56. The number of benzene rings is 1. The van der Waals surface area contributed by atoms with Crippen molar-refractivity contribution in [2.45, 2.75) is 46.1 Å². The second kappa shape index (κ2) is 10.7. The number of hydrogen-bond donors (Lipinski definition) is 0. The third kappa shape index (κ3) is 8.86. The van der Waals surface area contributed by atoms with Gasteiger partial charge >= 0.3 is 0 Å². The smallest absolute Gasteiger partial charge is 0.133 e. The Morgan fingerprint density at radius 3 is 2.12 bits per heavy atom. The van der Waals surface area contributed by atoms with Crippen LogP contribution in [-0.4, -0.2) is 50.5 Å². The van der Waals surface area contributed by atoms with Crippen LogP contribution in [-0.2, 0) is 4.74 Å². The van der Waals surface area contributed by atoms with E-state index in [4.69, 9.17) is 9.47 Å². The fourth-order valence-electron chi connectivity index (χ4n) is 3.55. The van der Waals surface area contributed by atoms with Crippen molar-refractivity contribution in [2.24, 2.45) is 11.8 Å². The predicted molar refractivity (Wildman–Crippen MR) is 112 cm³/mol. The Hall–Kier alpha value is -1.32. The number of rotatable bonds is 13. The van der Waals surface area contributed by atoms with Gasteiger partial charge in [0, 0.05) is 0 Å². The number of para-hydroxylation sites is 1. The Morgan fingerprint density at radius 2 is 1.62 bits per heavy atom. The Labute approximate surface area is 161 Å². The van der Waals surface area contributed by atoms with Crippen LogP contribution in [0.4, 0.5) is 0 Å². The van der Waals surface area contributed by atoms with Crippen molar-refractivity contribution in [1.82, 2.24) is 0 Å². The van der Waals surface area contributed by atoms with E-state index in [1.54, 1.807) is 0 Å². The summed E-state index contributed by atoms with van der Waals surface area (Å²) in [4.78, 5) is 0. The maximum absolute atomic E-state index is 6.56. The molecule has 0 bridgehead atoms. The van der Waals surface area contributed by atoms with E-state index in [0.717, 1.165) is 42.8 Å². The van der Waals surface area contributed by atoms with Crippen LogP contribution in [0.3, 0.4) is 0 Å². The minimum Gasteiger partial charge on any atom is -0.485 e. The van der Waals surface area contributed by atoms with Crippen molar-refractivity contribution in [3.63, 3.8) is 0 Å². The summed E-state index contributed by atoms with van der Waals surface area (Å²) < 4.78 is 13.6. The van der Waals surface area contributed by atoms with Crippen molar-refractivity contribution in [3.05, 3.63) is 43.0 Å². The molecule has 1 aromatic carbocycles. The van der Waals surface area contributed by atoms with E-state index < -0.39 is 0 Å². The van der Waals surface area contributed by atoms with Crippen molar-refractivity contribution in [2.75, 3.05) is 40.4 Å². The molecule has 0 saturated carbocycles. The van der Waals surface area contributed by atoms with Gasteiger partial charge in [-0.2, -0.15) is 0 Å². The predicted octanol–water partition coefficient (Wildman–Crippen LogP) is 5.18. The molecule has 0 atom stereocenters. The number of quaternary nitrogens is 1. The lowest BCUT2D eigenvalue weighted by molar-refractivity contribution is -0.884. The zero-order chi connectivity index (χ0) is 19.6. The molecule has 0 radical (unpaired) electrons. The van der Waals surface area contributed by atoms with Crippen molar-refractivity contribution < 1.29 is 14.0 Å². The van der Waals surface area contributed by atoms with Gasteiger partial charge in [0.15, 0.2) is 0 Å². The first-order chi connectivity index (χ1) is 12.2. The lowest BCUT2D eigenvalue weighted by atomic mass is 9.85. The van der Waals surface area contributed by atoms with Gasteiger partial charge in [-0.15, -0.1) is 0 Å². The molecule has 0 aliphatic heterocycles. The van der Waals surface area contributed by atoms with Crippen molar-refractivity contribution in [3.8, 4) is 5.75 Å². The molecule has 0 aliphatic carbocycles. The quantitative estimate of drug-likeness (QED) is 0.274. The van der Waals surface area contributed by atoms with E-state index in [1.165, 1.54) is 0 Å². The van der Waals surface area contributed by atoms with Gasteiger partial charge in [-0.1, -0.05) is 52.5 Å². The van der Waals surface area contributed by atoms with E-state index in [2.05, 4.69) is 48.4 Å². The van der Waals surface area contributed by atoms with E-state index in [1.807, 2.05) is 36.4 Å². The molecular formula is C23H40NO2+. The molecule has 1 rings (SSSR count). The zero-order valence-corrected chi connectivity index (χ0v) is 17.8. The van der Waals surface area contributed by atoms with Gasteiger partial charge in [0.25, 0.3) is 0 Å². The van der Waals surface area contributed by atoms with E-state index >= 15 is 0 Å². The fraction of sp³-hybridized carbons (Fsp3) is 0.652. The van der Waals surface area contributed by atoms with E-state index in [0.29, 0.717) is 18.4 Å².